The molecule has 5 aliphatic rings. The lowest BCUT2D eigenvalue weighted by atomic mass is 9.63. The summed E-state index contributed by atoms with van der Waals surface area (Å²) < 4.78 is 5.63. The fourth-order valence-corrected chi connectivity index (χ4v) is 6.35. The first-order chi connectivity index (χ1) is 16.4. The molecule has 1 saturated heterocycles. The third-order valence-electron chi connectivity index (χ3n) is 8.03. The first-order valence-electron chi connectivity index (χ1n) is 11.9. The summed E-state index contributed by atoms with van der Waals surface area (Å²) in [7, 11) is 0. The van der Waals surface area contributed by atoms with E-state index in [1.54, 1.807) is 24.3 Å². The number of likely N-dealkylation sites (tertiary alicyclic amines) is 1. The molecule has 34 heavy (non-hydrogen) atoms. The minimum atomic E-state index is -1.05. The number of Topliss-reactive ketones (excluding diaryl/α,β-unsaturated/α-hetero) is 1. The molecule has 172 valence electrons. The Morgan fingerprint density at radius 1 is 0.912 bits per heavy atom. The number of amides is 2. The van der Waals surface area contributed by atoms with Gasteiger partial charge in [-0.1, -0.05) is 42.5 Å². The fourth-order valence-electron chi connectivity index (χ4n) is 6.35. The van der Waals surface area contributed by atoms with Crippen molar-refractivity contribution in [1.82, 2.24) is 4.90 Å². The molecule has 2 amide bonds. The zero-order valence-corrected chi connectivity index (χ0v) is 18.8. The monoisotopic (exact) mass is 455 g/mol. The van der Waals surface area contributed by atoms with E-state index in [2.05, 4.69) is 12.2 Å². The molecule has 2 saturated carbocycles. The van der Waals surface area contributed by atoms with Gasteiger partial charge in [-0.15, -0.1) is 0 Å². The fraction of sp³-hybridized carbons (Fsp3) is 0.357. The average molecular weight is 456 g/mol. The molecule has 0 spiro atoms. The maximum Gasteiger partial charge on any atom is 0.335 e. The minimum Gasteiger partial charge on any atom is -0.425 e. The molecule has 0 aromatic heterocycles. The van der Waals surface area contributed by atoms with E-state index in [0.717, 1.165) is 12.0 Å². The van der Waals surface area contributed by atoms with Gasteiger partial charge in [-0.25, -0.2) is 4.79 Å². The highest BCUT2D eigenvalue weighted by atomic mass is 16.5. The Bertz CT molecular complexity index is 1180. The molecule has 2 bridgehead atoms. The van der Waals surface area contributed by atoms with Crippen LogP contribution >= 0.6 is 0 Å². The second-order valence-corrected chi connectivity index (χ2v) is 9.91. The molecule has 2 aromatic carbocycles. The van der Waals surface area contributed by atoms with Gasteiger partial charge < -0.3 is 4.74 Å². The molecule has 0 unspecified atom stereocenters. The predicted octanol–water partition coefficient (Wildman–Crippen LogP) is 3.46. The summed E-state index contributed by atoms with van der Waals surface area (Å²) in [6.45, 7) is 1.47. The zero-order chi connectivity index (χ0) is 23.6. The van der Waals surface area contributed by atoms with Crippen LogP contribution in [0.25, 0.3) is 0 Å². The highest BCUT2D eigenvalue weighted by molar-refractivity contribution is 6.09. The molecular weight excluding hydrogens is 430 g/mol. The summed E-state index contributed by atoms with van der Waals surface area (Å²) in [4.78, 5) is 53.4. The van der Waals surface area contributed by atoms with Gasteiger partial charge in [0.05, 0.1) is 11.8 Å². The third kappa shape index (κ3) is 3.23. The lowest BCUT2D eigenvalue weighted by molar-refractivity contribution is -0.153. The van der Waals surface area contributed by atoms with E-state index < -0.39 is 12.0 Å². The van der Waals surface area contributed by atoms with Gasteiger partial charge in [0, 0.05) is 12.0 Å². The van der Waals surface area contributed by atoms with Gasteiger partial charge in [0.1, 0.15) is 11.8 Å². The minimum absolute atomic E-state index is 0.0861. The van der Waals surface area contributed by atoms with Gasteiger partial charge in [-0.05, 0) is 66.8 Å². The van der Waals surface area contributed by atoms with Crippen molar-refractivity contribution in [2.24, 2.45) is 35.5 Å². The molecular formula is C28H25NO5. The second kappa shape index (κ2) is 7.76. The van der Waals surface area contributed by atoms with Crippen molar-refractivity contribution in [1.29, 1.82) is 0 Å². The number of nitrogens with zero attached hydrogens (tertiary/aromatic N) is 1. The molecule has 0 radical (unpaired) electrons. The Hall–Kier alpha value is -3.54. The first kappa shape index (κ1) is 21.0. The number of hydrogen-bond acceptors (Lipinski definition) is 5. The Balaban J connectivity index is 1.30. The van der Waals surface area contributed by atoms with Crippen molar-refractivity contribution in [2.45, 2.75) is 25.8 Å². The average Bonchev–Trinajstić information content (AvgIpc) is 3.62. The van der Waals surface area contributed by atoms with Gasteiger partial charge in [0.15, 0.2) is 5.78 Å². The number of benzene rings is 2. The topological polar surface area (TPSA) is 80.8 Å². The molecule has 7 rings (SSSR count). The summed E-state index contributed by atoms with van der Waals surface area (Å²) in [6.07, 6.45) is 5.52. The molecule has 1 aliphatic heterocycles. The van der Waals surface area contributed by atoms with Crippen LogP contribution in [0.3, 0.4) is 0 Å². The maximum atomic E-state index is 13.6. The van der Waals surface area contributed by atoms with Gasteiger partial charge >= 0.3 is 5.97 Å². The van der Waals surface area contributed by atoms with Crippen LogP contribution in [-0.2, 0) is 20.8 Å². The van der Waals surface area contributed by atoms with E-state index >= 15 is 0 Å². The summed E-state index contributed by atoms with van der Waals surface area (Å²) in [5, 5.41) is 0. The lowest BCUT2D eigenvalue weighted by Gasteiger charge is -2.37. The Labute approximate surface area is 197 Å². The van der Waals surface area contributed by atoms with Crippen molar-refractivity contribution < 1.29 is 23.9 Å². The lowest BCUT2D eigenvalue weighted by Crippen LogP contribution is -2.48. The van der Waals surface area contributed by atoms with Gasteiger partial charge in [-0.3, -0.25) is 19.3 Å². The number of imide groups is 1. The molecule has 2 aromatic rings. The summed E-state index contributed by atoms with van der Waals surface area (Å²) in [6, 6.07) is 14.6. The van der Waals surface area contributed by atoms with Crippen LogP contribution < -0.4 is 4.74 Å². The van der Waals surface area contributed by atoms with Crippen LogP contribution in [-0.4, -0.2) is 34.5 Å². The highest BCUT2D eigenvalue weighted by Gasteiger charge is 2.68. The molecule has 6 nitrogen and oxygen atoms in total. The van der Waals surface area contributed by atoms with E-state index in [1.165, 1.54) is 11.8 Å². The zero-order valence-electron chi connectivity index (χ0n) is 18.8. The van der Waals surface area contributed by atoms with E-state index in [1.807, 2.05) is 30.3 Å². The summed E-state index contributed by atoms with van der Waals surface area (Å²) >= 11 is 0. The van der Waals surface area contributed by atoms with Gasteiger partial charge in [0.2, 0.25) is 11.8 Å². The first-order valence-corrected chi connectivity index (χ1v) is 11.9. The van der Waals surface area contributed by atoms with Gasteiger partial charge in [0.25, 0.3) is 0 Å². The van der Waals surface area contributed by atoms with Crippen LogP contribution in [0.5, 0.6) is 5.75 Å². The van der Waals surface area contributed by atoms with E-state index in [-0.39, 0.29) is 53.4 Å². The Kier molecular flexibility index (Phi) is 4.80. The number of rotatable bonds is 6. The van der Waals surface area contributed by atoms with Crippen LogP contribution in [0.15, 0.2) is 66.7 Å². The number of esters is 1. The van der Waals surface area contributed by atoms with Gasteiger partial charge in [-0.2, -0.15) is 0 Å². The molecule has 3 fully saturated rings. The van der Waals surface area contributed by atoms with Crippen molar-refractivity contribution >= 4 is 23.6 Å². The Morgan fingerprint density at radius 2 is 1.50 bits per heavy atom. The number of carbonyl (C=O) groups excluding carboxylic acids is 4. The standard InChI is InChI=1S/C28H25NO5/c1-15(30)17-7-9-18(10-8-17)34-28(33)23(13-16-5-3-2-4-6-16)29-26(31)24-19-11-12-20(22-14-21(19)22)25(24)27(29)32/h2-12,19-25H,13-14H2,1H3/t19-,20-,21-,22+,23-,24+,25+/m1/s1. The maximum absolute atomic E-state index is 13.6. The van der Waals surface area contributed by atoms with Crippen molar-refractivity contribution in [3.8, 4) is 5.75 Å². The van der Waals surface area contributed by atoms with Crippen LogP contribution in [0.4, 0.5) is 0 Å². The van der Waals surface area contributed by atoms with Crippen molar-refractivity contribution in [3.63, 3.8) is 0 Å². The third-order valence-corrected chi connectivity index (χ3v) is 8.03. The van der Waals surface area contributed by atoms with Crippen LogP contribution in [0, 0.1) is 35.5 Å². The smallest absolute Gasteiger partial charge is 0.335 e. The molecule has 6 heteroatoms. The summed E-state index contributed by atoms with van der Waals surface area (Å²) in [5.41, 5.74) is 1.35. The largest absolute Gasteiger partial charge is 0.425 e. The number of ketones is 1. The Morgan fingerprint density at radius 3 is 2.06 bits per heavy atom. The summed E-state index contributed by atoms with van der Waals surface area (Å²) in [5.74, 6) is -0.523. The second-order valence-electron chi connectivity index (χ2n) is 9.91. The number of hydrogen-bond donors (Lipinski definition) is 0. The molecule has 7 atom stereocenters. The SMILES string of the molecule is CC(=O)c1ccc(OC(=O)[C@@H](Cc2ccccc2)N2C(=O)[C@H]3[C@@H]4C=C[C@H]([C@@H]5C[C@H]45)[C@@H]3C2=O)cc1. The number of carbonyl (C=O) groups is 4. The van der Waals surface area contributed by atoms with Crippen molar-refractivity contribution in [2.75, 3.05) is 0 Å². The van der Waals surface area contributed by atoms with Crippen molar-refractivity contribution in [3.05, 3.63) is 77.9 Å². The van der Waals surface area contributed by atoms with E-state index in [9.17, 15) is 19.2 Å². The number of ether oxygens (including phenoxy) is 1. The predicted molar refractivity (Wildman–Crippen MR) is 123 cm³/mol. The van der Waals surface area contributed by atoms with Crippen LogP contribution in [0.2, 0.25) is 0 Å². The molecule has 0 N–H and O–H groups in total. The molecule has 4 aliphatic carbocycles. The highest BCUT2D eigenvalue weighted by Crippen LogP contribution is 2.65. The van der Waals surface area contributed by atoms with E-state index in [4.69, 9.17) is 4.74 Å². The quantitative estimate of drug-likeness (QED) is 0.219. The van der Waals surface area contributed by atoms with Crippen LogP contribution in [0.1, 0.15) is 29.3 Å². The molecule has 1 heterocycles. The van der Waals surface area contributed by atoms with E-state index in [0.29, 0.717) is 17.4 Å². The number of allylic oxidation sites excluding steroid dienone is 2. The normalized spacial score (nSPS) is 31.1.